The zero-order valence-electron chi connectivity index (χ0n) is 10.4. The van der Waals surface area contributed by atoms with E-state index in [9.17, 15) is 14.0 Å². The SMILES string of the molecule is C[C@H](NC(N)=O)C(=O)OCCOc1ccc(F)cc1. The lowest BCUT2D eigenvalue weighted by atomic mass is 10.3. The minimum Gasteiger partial charge on any atom is -0.490 e. The van der Waals surface area contributed by atoms with E-state index in [2.05, 4.69) is 5.32 Å². The number of benzene rings is 1. The van der Waals surface area contributed by atoms with Crippen LogP contribution in [0.25, 0.3) is 0 Å². The normalized spacial score (nSPS) is 11.5. The van der Waals surface area contributed by atoms with Crippen LogP contribution in [-0.2, 0) is 9.53 Å². The fraction of sp³-hybridized carbons (Fsp3) is 0.333. The highest BCUT2D eigenvalue weighted by Crippen LogP contribution is 2.10. The van der Waals surface area contributed by atoms with Crippen molar-refractivity contribution in [3.63, 3.8) is 0 Å². The van der Waals surface area contributed by atoms with Crippen LogP contribution in [0.15, 0.2) is 24.3 Å². The van der Waals surface area contributed by atoms with E-state index in [0.29, 0.717) is 5.75 Å². The van der Waals surface area contributed by atoms with E-state index in [-0.39, 0.29) is 19.0 Å². The van der Waals surface area contributed by atoms with E-state index >= 15 is 0 Å². The number of hydrogen-bond acceptors (Lipinski definition) is 4. The molecule has 0 unspecified atom stereocenters. The van der Waals surface area contributed by atoms with Crippen molar-refractivity contribution < 1.29 is 23.5 Å². The van der Waals surface area contributed by atoms with Gasteiger partial charge in [0.15, 0.2) is 0 Å². The quantitative estimate of drug-likeness (QED) is 0.591. The molecular formula is C12H15FN2O4. The summed E-state index contributed by atoms with van der Waals surface area (Å²) in [6, 6.07) is 3.85. The van der Waals surface area contributed by atoms with Crippen LogP contribution < -0.4 is 15.8 Å². The van der Waals surface area contributed by atoms with Crippen molar-refractivity contribution in [2.24, 2.45) is 5.73 Å². The van der Waals surface area contributed by atoms with Crippen LogP contribution in [0.1, 0.15) is 6.92 Å². The molecule has 0 heterocycles. The molecule has 0 radical (unpaired) electrons. The Kier molecular flexibility index (Phi) is 5.59. The molecule has 0 spiro atoms. The van der Waals surface area contributed by atoms with Crippen molar-refractivity contribution in [2.75, 3.05) is 13.2 Å². The van der Waals surface area contributed by atoms with E-state index in [1.54, 1.807) is 0 Å². The molecule has 0 saturated heterocycles. The molecule has 1 aromatic rings. The van der Waals surface area contributed by atoms with Crippen LogP contribution in [0.5, 0.6) is 5.75 Å². The number of amides is 2. The van der Waals surface area contributed by atoms with Gasteiger partial charge >= 0.3 is 12.0 Å². The number of carbonyl (C=O) groups is 2. The van der Waals surface area contributed by atoms with E-state index in [4.69, 9.17) is 15.2 Å². The Hall–Kier alpha value is -2.31. The standard InChI is InChI=1S/C12H15FN2O4/c1-8(15-12(14)17)11(16)19-7-6-18-10-4-2-9(13)3-5-10/h2-5,8H,6-7H2,1H3,(H3,14,15,17)/t8-/m0/s1. The molecule has 0 aromatic heterocycles. The van der Waals surface area contributed by atoms with E-state index in [1.807, 2.05) is 0 Å². The van der Waals surface area contributed by atoms with Crippen LogP contribution in [0.4, 0.5) is 9.18 Å². The Balaban J connectivity index is 2.21. The first-order valence-electron chi connectivity index (χ1n) is 5.60. The smallest absolute Gasteiger partial charge is 0.328 e. The Morgan fingerprint density at radius 3 is 2.53 bits per heavy atom. The molecule has 1 aromatic carbocycles. The van der Waals surface area contributed by atoms with Crippen molar-refractivity contribution in [2.45, 2.75) is 13.0 Å². The second-order valence-electron chi connectivity index (χ2n) is 3.70. The van der Waals surface area contributed by atoms with Crippen molar-refractivity contribution in [1.82, 2.24) is 5.32 Å². The van der Waals surface area contributed by atoms with Crippen molar-refractivity contribution >= 4 is 12.0 Å². The van der Waals surface area contributed by atoms with Crippen molar-refractivity contribution in [1.29, 1.82) is 0 Å². The molecule has 0 saturated carbocycles. The summed E-state index contributed by atoms with van der Waals surface area (Å²) in [7, 11) is 0. The van der Waals surface area contributed by atoms with Crippen LogP contribution >= 0.6 is 0 Å². The highest BCUT2D eigenvalue weighted by molar-refractivity contribution is 5.82. The molecule has 0 fully saturated rings. The van der Waals surface area contributed by atoms with Crippen LogP contribution in [-0.4, -0.2) is 31.3 Å². The topological polar surface area (TPSA) is 90.7 Å². The van der Waals surface area contributed by atoms with E-state index in [1.165, 1.54) is 31.2 Å². The molecule has 19 heavy (non-hydrogen) atoms. The van der Waals surface area contributed by atoms with Gasteiger partial charge in [-0.3, -0.25) is 0 Å². The average Bonchev–Trinajstić information content (AvgIpc) is 2.35. The molecule has 7 heteroatoms. The summed E-state index contributed by atoms with van der Waals surface area (Å²) in [6.45, 7) is 1.59. The minimum absolute atomic E-state index is 0.0149. The highest BCUT2D eigenvalue weighted by atomic mass is 19.1. The molecule has 0 bridgehead atoms. The van der Waals surface area contributed by atoms with Gasteiger partial charge in [-0.2, -0.15) is 0 Å². The van der Waals surface area contributed by atoms with Gasteiger partial charge < -0.3 is 20.5 Å². The third kappa shape index (κ3) is 5.71. The molecule has 1 rings (SSSR count). The summed E-state index contributed by atoms with van der Waals surface area (Å²) >= 11 is 0. The Labute approximate surface area is 109 Å². The first-order valence-corrected chi connectivity index (χ1v) is 5.60. The Morgan fingerprint density at radius 2 is 1.95 bits per heavy atom. The van der Waals surface area contributed by atoms with Gasteiger partial charge in [-0.15, -0.1) is 0 Å². The maximum absolute atomic E-state index is 12.6. The van der Waals surface area contributed by atoms with Gasteiger partial charge in [-0.05, 0) is 31.2 Å². The summed E-state index contributed by atoms with van der Waals surface area (Å²) in [5, 5.41) is 2.19. The summed E-state index contributed by atoms with van der Waals surface area (Å²) in [4.78, 5) is 21.8. The zero-order chi connectivity index (χ0) is 14.3. The molecule has 0 aliphatic rings. The molecule has 2 amide bonds. The van der Waals surface area contributed by atoms with Gasteiger partial charge in [-0.25, -0.2) is 14.0 Å². The Morgan fingerprint density at radius 1 is 1.32 bits per heavy atom. The van der Waals surface area contributed by atoms with Gasteiger partial charge in [0.1, 0.15) is 30.8 Å². The van der Waals surface area contributed by atoms with Crippen LogP contribution in [0, 0.1) is 5.82 Å². The van der Waals surface area contributed by atoms with Crippen molar-refractivity contribution in [3.8, 4) is 5.75 Å². The molecule has 1 atom stereocenters. The molecule has 104 valence electrons. The summed E-state index contributed by atoms with van der Waals surface area (Å²) in [6.07, 6.45) is 0. The van der Waals surface area contributed by atoms with Crippen molar-refractivity contribution in [3.05, 3.63) is 30.1 Å². The Bertz CT molecular complexity index is 436. The van der Waals surface area contributed by atoms with E-state index < -0.39 is 18.0 Å². The zero-order valence-corrected chi connectivity index (χ0v) is 10.4. The number of halogens is 1. The number of esters is 1. The van der Waals surface area contributed by atoms with Gasteiger partial charge in [0, 0.05) is 0 Å². The number of nitrogens with two attached hydrogens (primary N) is 1. The van der Waals surface area contributed by atoms with Gasteiger partial charge in [0.2, 0.25) is 0 Å². The number of hydrogen-bond donors (Lipinski definition) is 2. The lowest BCUT2D eigenvalue weighted by molar-refractivity contribution is -0.146. The van der Waals surface area contributed by atoms with E-state index in [0.717, 1.165) is 0 Å². The molecule has 0 aliphatic heterocycles. The number of nitrogens with one attached hydrogen (secondary N) is 1. The monoisotopic (exact) mass is 270 g/mol. The number of urea groups is 1. The van der Waals surface area contributed by atoms with Gasteiger partial charge in [0.25, 0.3) is 0 Å². The number of primary amides is 1. The predicted octanol–water partition coefficient (Wildman–Crippen LogP) is 0.804. The fourth-order valence-electron chi connectivity index (χ4n) is 1.23. The lowest BCUT2D eigenvalue weighted by Crippen LogP contribution is -2.42. The number of ether oxygens (including phenoxy) is 2. The average molecular weight is 270 g/mol. The molecule has 6 nitrogen and oxygen atoms in total. The first-order chi connectivity index (χ1) is 8.99. The second-order valence-corrected chi connectivity index (χ2v) is 3.70. The maximum Gasteiger partial charge on any atom is 0.328 e. The summed E-state index contributed by atoms with van der Waals surface area (Å²) < 4.78 is 22.7. The van der Waals surface area contributed by atoms with Gasteiger partial charge in [0.05, 0.1) is 0 Å². The largest absolute Gasteiger partial charge is 0.490 e. The third-order valence-corrected chi connectivity index (χ3v) is 2.12. The highest BCUT2D eigenvalue weighted by Gasteiger charge is 2.15. The molecular weight excluding hydrogens is 255 g/mol. The maximum atomic E-state index is 12.6. The summed E-state index contributed by atoms with van der Waals surface area (Å²) in [5.41, 5.74) is 4.86. The summed E-state index contributed by atoms with van der Waals surface area (Å²) in [5.74, 6) is -0.493. The minimum atomic E-state index is -0.816. The second kappa shape index (κ2) is 7.20. The fourth-order valence-corrected chi connectivity index (χ4v) is 1.23. The van der Waals surface area contributed by atoms with Gasteiger partial charge in [-0.1, -0.05) is 0 Å². The molecule has 0 aliphatic carbocycles. The number of carbonyl (C=O) groups excluding carboxylic acids is 2. The van der Waals surface area contributed by atoms with Crippen LogP contribution in [0.3, 0.4) is 0 Å². The lowest BCUT2D eigenvalue weighted by Gasteiger charge is -2.12. The predicted molar refractivity (Wildman–Crippen MR) is 65.0 cm³/mol. The molecule has 3 N–H and O–H groups in total. The van der Waals surface area contributed by atoms with Crippen LogP contribution in [0.2, 0.25) is 0 Å². The first kappa shape index (κ1) is 14.7. The number of rotatable bonds is 6. The third-order valence-electron chi connectivity index (χ3n) is 2.12.